The van der Waals surface area contributed by atoms with Crippen LogP contribution < -0.4 is 15.8 Å². The van der Waals surface area contributed by atoms with Crippen LogP contribution in [-0.4, -0.2) is 59.8 Å². The Morgan fingerprint density at radius 1 is 1.15 bits per heavy atom. The zero-order valence-corrected chi connectivity index (χ0v) is 15.1. The molecule has 8 nitrogen and oxygen atoms in total. The summed E-state index contributed by atoms with van der Waals surface area (Å²) in [5, 5.41) is 3.13. The van der Waals surface area contributed by atoms with Gasteiger partial charge in [0.05, 0.1) is 31.0 Å². The lowest BCUT2D eigenvalue weighted by Crippen LogP contribution is -2.48. The van der Waals surface area contributed by atoms with Crippen molar-refractivity contribution in [1.82, 2.24) is 20.2 Å². The van der Waals surface area contributed by atoms with E-state index < -0.39 is 0 Å². The van der Waals surface area contributed by atoms with Gasteiger partial charge in [-0.25, -0.2) is 9.78 Å². The number of rotatable bonds is 2. The fourth-order valence-electron chi connectivity index (χ4n) is 4.02. The number of hydrogen-bond acceptors (Lipinski definition) is 5. The quantitative estimate of drug-likeness (QED) is 0.820. The summed E-state index contributed by atoms with van der Waals surface area (Å²) >= 11 is 0. The van der Waals surface area contributed by atoms with Gasteiger partial charge >= 0.3 is 6.03 Å². The minimum absolute atomic E-state index is 0.0563. The van der Waals surface area contributed by atoms with Crippen LogP contribution in [0.4, 0.5) is 10.7 Å². The Morgan fingerprint density at radius 3 is 2.69 bits per heavy atom. The number of urea groups is 1. The van der Waals surface area contributed by atoms with Gasteiger partial charge in [0.1, 0.15) is 0 Å². The maximum atomic E-state index is 12.6. The molecule has 1 saturated carbocycles. The van der Waals surface area contributed by atoms with Crippen LogP contribution >= 0.6 is 0 Å². The second-order valence-electron chi connectivity index (χ2n) is 7.37. The number of fused-ring (bicyclic) bond motifs is 1. The molecule has 0 aromatic carbocycles. The van der Waals surface area contributed by atoms with Gasteiger partial charge in [0, 0.05) is 32.1 Å². The summed E-state index contributed by atoms with van der Waals surface area (Å²) < 4.78 is 5.35. The van der Waals surface area contributed by atoms with Crippen molar-refractivity contribution >= 4 is 12.0 Å². The van der Waals surface area contributed by atoms with Crippen molar-refractivity contribution in [2.45, 2.75) is 51.1 Å². The first-order valence-electron chi connectivity index (χ1n) is 9.71. The number of aromatic amines is 1. The molecule has 2 amide bonds. The molecular formula is C18H27N5O3. The molecular weight excluding hydrogens is 334 g/mol. The Labute approximate surface area is 152 Å². The summed E-state index contributed by atoms with van der Waals surface area (Å²) in [6.07, 6.45) is 6.36. The van der Waals surface area contributed by atoms with Crippen molar-refractivity contribution < 1.29 is 9.53 Å². The van der Waals surface area contributed by atoms with Gasteiger partial charge in [-0.3, -0.25) is 9.78 Å². The predicted octanol–water partition coefficient (Wildman–Crippen LogP) is 1.01. The molecule has 1 aromatic rings. The van der Waals surface area contributed by atoms with Crippen LogP contribution in [0.15, 0.2) is 4.79 Å². The van der Waals surface area contributed by atoms with Gasteiger partial charge < -0.3 is 19.9 Å². The highest BCUT2D eigenvalue weighted by atomic mass is 16.5. The molecule has 3 aliphatic rings. The molecule has 1 saturated heterocycles. The Bertz CT molecular complexity index is 707. The normalized spacial score (nSPS) is 21.4. The first-order valence-corrected chi connectivity index (χ1v) is 9.71. The number of nitrogens with zero attached hydrogens (tertiary/aromatic N) is 3. The first-order chi connectivity index (χ1) is 12.7. The molecule has 0 bridgehead atoms. The van der Waals surface area contributed by atoms with Crippen LogP contribution in [0.5, 0.6) is 0 Å². The summed E-state index contributed by atoms with van der Waals surface area (Å²) in [6.45, 7) is 3.70. The van der Waals surface area contributed by atoms with Crippen molar-refractivity contribution in [1.29, 1.82) is 0 Å². The largest absolute Gasteiger partial charge is 0.378 e. The molecule has 8 heteroatoms. The highest BCUT2D eigenvalue weighted by molar-refractivity contribution is 5.74. The molecule has 0 radical (unpaired) electrons. The van der Waals surface area contributed by atoms with E-state index in [1.54, 1.807) is 4.90 Å². The van der Waals surface area contributed by atoms with Gasteiger partial charge in [0.2, 0.25) is 5.95 Å². The second-order valence-corrected chi connectivity index (χ2v) is 7.37. The summed E-state index contributed by atoms with van der Waals surface area (Å²) in [6, 6.07) is 0.219. The average Bonchev–Trinajstić information content (AvgIpc) is 2.69. The number of anilines is 1. The SMILES string of the molecule is O=C(NC1CCCCC1)N1CCc2nc(N3CCOCC3)[nH]c(=O)c2C1. The summed E-state index contributed by atoms with van der Waals surface area (Å²) in [4.78, 5) is 36.5. The van der Waals surface area contributed by atoms with E-state index in [2.05, 4.69) is 15.3 Å². The molecule has 4 rings (SSSR count). The first kappa shape index (κ1) is 17.3. The van der Waals surface area contributed by atoms with Crippen molar-refractivity contribution in [2.75, 3.05) is 37.7 Å². The molecule has 0 unspecified atom stereocenters. The minimum atomic E-state index is -0.133. The third kappa shape index (κ3) is 3.70. The molecule has 2 aliphatic heterocycles. The number of carbonyl (C=O) groups is 1. The van der Waals surface area contributed by atoms with Crippen LogP contribution in [0.1, 0.15) is 43.4 Å². The van der Waals surface area contributed by atoms with E-state index in [4.69, 9.17) is 4.74 Å². The van der Waals surface area contributed by atoms with E-state index in [-0.39, 0.29) is 17.6 Å². The van der Waals surface area contributed by atoms with Crippen LogP contribution in [0.2, 0.25) is 0 Å². The van der Waals surface area contributed by atoms with E-state index in [0.29, 0.717) is 44.2 Å². The van der Waals surface area contributed by atoms with Crippen LogP contribution in [-0.2, 0) is 17.7 Å². The van der Waals surface area contributed by atoms with Crippen LogP contribution in [0.25, 0.3) is 0 Å². The zero-order chi connectivity index (χ0) is 17.9. The Morgan fingerprint density at radius 2 is 1.92 bits per heavy atom. The average molecular weight is 361 g/mol. The van der Waals surface area contributed by atoms with Gasteiger partial charge in [-0.05, 0) is 12.8 Å². The molecule has 0 spiro atoms. The van der Waals surface area contributed by atoms with Gasteiger partial charge in [-0.1, -0.05) is 19.3 Å². The third-order valence-corrected chi connectivity index (χ3v) is 5.59. The number of carbonyl (C=O) groups excluding carboxylic acids is 1. The van der Waals surface area contributed by atoms with E-state index in [9.17, 15) is 9.59 Å². The van der Waals surface area contributed by atoms with Crippen molar-refractivity contribution in [3.8, 4) is 0 Å². The Kier molecular flexibility index (Phi) is 5.10. The Balaban J connectivity index is 1.44. The molecule has 2 N–H and O–H groups in total. The molecule has 2 fully saturated rings. The molecule has 26 heavy (non-hydrogen) atoms. The van der Waals surface area contributed by atoms with Crippen molar-refractivity contribution in [3.05, 3.63) is 21.6 Å². The van der Waals surface area contributed by atoms with Crippen LogP contribution in [0, 0.1) is 0 Å². The maximum Gasteiger partial charge on any atom is 0.317 e. The number of amides is 2. The number of ether oxygens (including phenoxy) is 1. The van der Waals surface area contributed by atoms with E-state index >= 15 is 0 Å². The van der Waals surface area contributed by atoms with E-state index in [0.717, 1.165) is 31.6 Å². The fourth-order valence-corrected chi connectivity index (χ4v) is 4.02. The third-order valence-electron chi connectivity index (χ3n) is 5.59. The lowest BCUT2D eigenvalue weighted by atomic mass is 9.96. The summed E-state index contributed by atoms with van der Waals surface area (Å²) in [7, 11) is 0. The zero-order valence-electron chi connectivity index (χ0n) is 15.1. The summed E-state index contributed by atoms with van der Waals surface area (Å²) in [5.41, 5.74) is 1.30. The monoisotopic (exact) mass is 361 g/mol. The number of aromatic nitrogens is 2. The van der Waals surface area contributed by atoms with Gasteiger partial charge in [-0.15, -0.1) is 0 Å². The molecule has 0 atom stereocenters. The second kappa shape index (κ2) is 7.65. The number of hydrogen-bond donors (Lipinski definition) is 2. The number of nitrogens with one attached hydrogen (secondary N) is 2. The number of H-pyrrole nitrogens is 1. The standard InChI is InChI=1S/C18H27N5O3/c24-16-14-12-23(18(25)19-13-4-2-1-3-5-13)7-6-15(14)20-17(21-16)22-8-10-26-11-9-22/h13H,1-12H2,(H,19,25)(H,20,21,24). The van der Waals surface area contributed by atoms with Crippen LogP contribution in [0.3, 0.4) is 0 Å². The maximum absolute atomic E-state index is 12.6. The molecule has 142 valence electrons. The van der Waals surface area contributed by atoms with E-state index in [1.807, 2.05) is 4.90 Å². The lowest BCUT2D eigenvalue weighted by molar-refractivity contribution is 0.122. The van der Waals surface area contributed by atoms with Gasteiger partial charge in [0.15, 0.2) is 0 Å². The smallest absolute Gasteiger partial charge is 0.317 e. The molecule has 1 aromatic heterocycles. The highest BCUT2D eigenvalue weighted by Gasteiger charge is 2.27. The molecule has 1 aliphatic carbocycles. The molecule has 3 heterocycles. The van der Waals surface area contributed by atoms with Crippen molar-refractivity contribution in [2.24, 2.45) is 0 Å². The van der Waals surface area contributed by atoms with Gasteiger partial charge in [0.25, 0.3) is 5.56 Å². The van der Waals surface area contributed by atoms with Gasteiger partial charge in [-0.2, -0.15) is 0 Å². The highest BCUT2D eigenvalue weighted by Crippen LogP contribution is 2.20. The predicted molar refractivity (Wildman–Crippen MR) is 97.4 cm³/mol. The lowest BCUT2D eigenvalue weighted by Gasteiger charge is -2.32. The fraction of sp³-hybridized carbons (Fsp3) is 0.722. The van der Waals surface area contributed by atoms with E-state index in [1.165, 1.54) is 19.3 Å². The van der Waals surface area contributed by atoms with Crippen molar-refractivity contribution in [3.63, 3.8) is 0 Å². The topological polar surface area (TPSA) is 90.6 Å². The Hall–Kier alpha value is -2.09. The number of morpholine rings is 1. The summed E-state index contributed by atoms with van der Waals surface area (Å²) in [5.74, 6) is 0.622. The minimum Gasteiger partial charge on any atom is -0.378 e.